The molecule has 0 spiro atoms. The van der Waals surface area contributed by atoms with Crippen LogP contribution in [0.3, 0.4) is 0 Å². The number of carbonyl (C=O) groups excluding carboxylic acids is 4. The minimum Gasteiger partial charge on any atom is -0.464 e. The molecule has 2 aromatic heterocycles. The number of amides is 2. The third-order valence-corrected chi connectivity index (χ3v) is 5.16. The van der Waals surface area contributed by atoms with E-state index in [2.05, 4.69) is 45.9 Å². The Morgan fingerprint density at radius 2 is 1.18 bits per heavy atom. The van der Waals surface area contributed by atoms with Gasteiger partial charge in [-0.25, -0.2) is 9.59 Å². The Morgan fingerprint density at radius 3 is 1.50 bits per heavy atom. The molecule has 0 bridgehead atoms. The van der Waals surface area contributed by atoms with Crippen LogP contribution in [0.25, 0.3) is 11.4 Å². The highest BCUT2D eigenvalue weighted by atomic mass is 32.1. The molecule has 2 N–H and O–H groups in total. The Morgan fingerprint density at radius 1 is 0.794 bits per heavy atom. The maximum atomic E-state index is 12.6. The Kier molecular flexibility index (Phi) is 10.8. The first-order valence-corrected chi connectivity index (χ1v) is 11.7. The first kappa shape index (κ1) is 27.1. The van der Waals surface area contributed by atoms with E-state index in [1.165, 1.54) is 36.7 Å². The molecular weight excluding hydrogens is 480 g/mol. The van der Waals surface area contributed by atoms with Crippen LogP contribution in [-0.2, 0) is 19.1 Å². The number of carbonyl (C=O) groups is 4. The maximum Gasteiger partial charge on any atom is 0.329 e. The number of esters is 2. The van der Waals surface area contributed by atoms with Crippen LogP contribution < -0.4 is 10.6 Å². The fraction of sp³-hybridized carbons (Fsp3) is 0.364. The lowest BCUT2D eigenvalue weighted by Gasteiger charge is -2.15. The summed E-state index contributed by atoms with van der Waals surface area (Å²) in [6.07, 6.45) is 2.83. The van der Waals surface area contributed by atoms with E-state index in [0.717, 1.165) is 0 Å². The van der Waals surface area contributed by atoms with Gasteiger partial charge in [0, 0.05) is 35.0 Å². The van der Waals surface area contributed by atoms with Crippen LogP contribution in [0, 0.1) is 0 Å². The zero-order valence-corrected chi connectivity index (χ0v) is 20.5. The molecule has 34 heavy (non-hydrogen) atoms. The molecule has 2 heterocycles. The van der Waals surface area contributed by atoms with Gasteiger partial charge in [0.1, 0.15) is 12.1 Å². The van der Waals surface area contributed by atoms with Crippen molar-refractivity contribution in [2.24, 2.45) is 0 Å². The van der Waals surface area contributed by atoms with E-state index in [-0.39, 0.29) is 35.8 Å². The second-order valence-corrected chi connectivity index (χ2v) is 7.51. The molecule has 10 nitrogen and oxygen atoms in total. The van der Waals surface area contributed by atoms with Crippen molar-refractivity contribution >= 4 is 49.0 Å². The average Bonchev–Trinajstić information content (AvgIpc) is 2.85. The molecule has 2 unspecified atom stereocenters. The van der Waals surface area contributed by atoms with Crippen molar-refractivity contribution in [1.82, 2.24) is 20.6 Å². The van der Waals surface area contributed by atoms with Gasteiger partial charge in [-0.15, -0.1) is 0 Å². The first-order valence-electron chi connectivity index (χ1n) is 10.4. The Hall–Kier alpha value is -3.12. The van der Waals surface area contributed by atoms with E-state index in [1.807, 2.05) is 0 Å². The lowest BCUT2D eigenvalue weighted by molar-refractivity contribution is -0.145. The van der Waals surface area contributed by atoms with Gasteiger partial charge in [-0.2, -0.15) is 25.3 Å². The summed E-state index contributed by atoms with van der Waals surface area (Å²) in [4.78, 5) is 57.6. The normalized spacial score (nSPS) is 12.2. The third-order valence-electron chi connectivity index (χ3n) is 4.42. The van der Waals surface area contributed by atoms with Crippen molar-refractivity contribution in [3.05, 3.63) is 47.8 Å². The molecule has 2 rings (SSSR count). The fourth-order valence-corrected chi connectivity index (χ4v) is 3.23. The summed E-state index contributed by atoms with van der Waals surface area (Å²) in [6.45, 7) is 3.70. The van der Waals surface area contributed by atoms with E-state index in [9.17, 15) is 19.2 Å². The summed E-state index contributed by atoms with van der Waals surface area (Å²) in [6, 6.07) is 4.11. The first-order chi connectivity index (χ1) is 16.3. The lowest BCUT2D eigenvalue weighted by atomic mass is 10.1. The van der Waals surface area contributed by atoms with E-state index >= 15 is 0 Å². The number of hydrogen-bond donors (Lipinski definition) is 4. The summed E-state index contributed by atoms with van der Waals surface area (Å²) >= 11 is 8.18. The maximum absolute atomic E-state index is 12.6. The van der Waals surface area contributed by atoms with Crippen molar-refractivity contribution < 1.29 is 28.7 Å². The van der Waals surface area contributed by atoms with Crippen LogP contribution in [0.1, 0.15) is 34.6 Å². The average molecular weight is 507 g/mol. The van der Waals surface area contributed by atoms with Crippen LogP contribution in [0.5, 0.6) is 0 Å². The lowest BCUT2D eigenvalue weighted by Crippen LogP contribution is -2.43. The molecule has 0 fully saturated rings. The van der Waals surface area contributed by atoms with Gasteiger partial charge in [0.05, 0.1) is 24.6 Å². The number of nitrogens with one attached hydrogen (secondary N) is 2. The van der Waals surface area contributed by atoms with Crippen molar-refractivity contribution in [3.63, 3.8) is 0 Å². The summed E-state index contributed by atoms with van der Waals surface area (Å²) in [5.74, 6) is -2.06. The molecule has 12 heteroatoms. The summed E-state index contributed by atoms with van der Waals surface area (Å²) < 4.78 is 9.86. The standard InChI is InChI=1S/C22H26N4O6S2/c1-3-31-21(29)17(11-33)25-19(27)13-5-7-23-15(9-13)16-10-14(6-8-24-16)20(28)26-18(12-34)22(30)32-4-2/h5-10,17-18,33-34H,3-4,11-12H2,1-2H3,(H,25,27)(H,26,28). The third kappa shape index (κ3) is 7.45. The molecule has 182 valence electrons. The van der Waals surface area contributed by atoms with E-state index in [1.54, 1.807) is 13.8 Å². The van der Waals surface area contributed by atoms with Crippen molar-refractivity contribution in [2.45, 2.75) is 25.9 Å². The zero-order chi connectivity index (χ0) is 25.1. The molecular formula is C22H26N4O6S2. The van der Waals surface area contributed by atoms with Crippen LogP contribution in [0.15, 0.2) is 36.7 Å². The summed E-state index contributed by atoms with van der Waals surface area (Å²) in [5, 5.41) is 5.14. The van der Waals surface area contributed by atoms with Gasteiger partial charge >= 0.3 is 11.9 Å². The van der Waals surface area contributed by atoms with E-state index < -0.39 is 35.8 Å². The van der Waals surface area contributed by atoms with Gasteiger partial charge in [-0.1, -0.05) is 0 Å². The Balaban J connectivity index is 2.20. The molecule has 0 aliphatic heterocycles. The molecule has 2 aromatic rings. The molecule has 0 aliphatic carbocycles. The van der Waals surface area contributed by atoms with Crippen molar-refractivity contribution in [3.8, 4) is 11.4 Å². The van der Waals surface area contributed by atoms with Gasteiger partial charge in [-0.05, 0) is 38.1 Å². The highest BCUT2D eigenvalue weighted by Gasteiger charge is 2.23. The quantitative estimate of drug-likeness (QED) is 0.265. The minimum absolute atomic E-state index is 0.0697. The molecule has 0 radical (unpaired) electrons. The van der Waals surface area contributed by atoms with Gasteiger partial charge in [0.2, 0.25) is 0 Å². The highest BCUT2D eigenvalue weighted by Crippen LogP contribution is 2.17. The van der Waals surface area contributed by atoms with Gasteiger partial charge in [0.25, 0.3) is 11.8 Å². The molecule has 0 saturated heterocycles. The predicted octanol–water partition coefficient (Wildman–Crippen LogP) is 1.33. The molecule has 2 atom stereocenters. The van der Waals surface area contributed by atoms with Gasteiger partial charge in [-0.3, -0.25) is 19.6 Å². The molecule has 0 aromatic carbocycles. The second-order valence-electron chi connectivity index (χ2n) is 6.78. The second kappa shape index (κ2) is 13.6. The van der Waals surface area contributed by atoms with Gasteiger partial charge < -0.3 is 20.1 Å². The number of thiol groups is 2. The smallest absolute Gasteiger partial charge is 0.329 e. The van der Waals surface area contributed by atoms with Crippen LogP contribution in [-0.4, -0.2) is 70.5 Å². The number of rotatable bonds is 11. The number of pyridine rings is 2. The van der Waals surface area contributed by atoms with Gasteiger partial charge in [0.15, 0.2) is 0 Å². The Bertz CT molecular complexity index is 954. The largest absolute Gasteiger partial charge is 0.464 e. The van der Waals surface area contributed by atoms with Crippen molar-refractivity contribution in [1.29, 1.82) is 0 Å². The number of nitrogens with zero attached hydrogens (tertiary/aromatic N) is 2. The minimum atomic E-state index is -0.906. The van der Waals surface area contributed by atoms with Crippen LogP contribution >= 0.6 is 25.3 Å². The van der Waals surface area contributed by atoms with E-state index in [0.29, 0.717) is 11.4 Å². The highest BCUT2D eigenvalue weighted by molar-refractivity contribution is 7.80. The van der Waals surface area contributed by atoms with E-state index in [4.69, 9.17) is 9.47 Å². The summed E-state index contributed by atoms with van der Waals surface area (Å²) in [7, 11) is 0. The molecule has 0 aliphatic rings. The topological polar surface area (TPSA) is 137 Å². The number of ether oxygens (including phenoxy) is 2. The predicted molar refractivity (Wildman–Crippen MR) is 131 cm³/mol. The molecule has 0 saturated carbocycles. The SMILES string of the molecule is CCOC(=O)C(CS)NC(=O)c1ccnc(-c2cc(C(=O)NC(CS)C(=O)OCC)ccn2)c1. The van der Waals surface area contributed by atoms with Crippen LogP contribution in [0.2, 0.25) is 0 Å². The summed E-state index contributed by atoms with van der Waals surface area (Å²) in [5.41, 5.74) is 1.12. The Labute approximate surface area is 208 Å². The van der Waals surface area contributed by atoms with Crippen LogP contribution in [0.4, 0.5) is 0 Å². The number of aromatic nitrogens is 2. The fourth-order valence-electron chi connectivity index (χ4n) is 2.75. The zero-order valence-electron chi connectivity index (χ0n) is 18.7. The molecule has 2 amide bonds. The van der Waals surface area contributed by atoms with Crippen molar-refractivity contribution in [2.75, 3.05) is 24.7 Å². The monoisotopic (exact) mass is 506 g/mol. The number of hydrogen-bond acceptors (Lipinski definition) is 10.